The van der Waals surface area contributed by atoms with Gasteiger partial charge in [0.2, 0.25) is 0 Å². The number of carbonyl (C=O) groups is 1. The van der Waals surface area contributed by atoms with Gasteiger partial charge in [0.15, 0.2) is 0 Å². The lowest BCUT2D eigenvalue weighted by atomic mass is 10.1. The molecule has 1 fully saturated rings. The molecule has 0 spiro atoms. The number of methoxy groups -OCH3 is 1. The lowest BCUT2D eigenvalue weighted by Gasteiger charge is -2.34. The highest BCUT2D eigenvalue weighted by molar-refractivity contribution is 9.10. The Morgan fingerprint density at radius 2 is 1.89 bits per heavy atom. The van der Waals surface area contributed by atoms with Crippen LogP contribution in [0.15, 0.2) is 53.1 Å². The minimum atomic E-state index is -0.548. The van der Waals surface area contributed by atoms with Gasteiger partial charge in [0.05, 0.1) is 36.6 Å². The van der Waals surface area contributed by atoms with Crippen molar-refractivity contribution in [3.05, 3.63) is 53.1 Å². The van der Waals surface area contributed by atoms with Gasteiger partial charge in [-0.1, -0.05) is 0 Å². The maximum absolute atomic E-state index is 12.6. The van der Waals surface area contributed by atoms with Crippen molar-refractivity contribution in [3.63, 3.8) is 0 Å². The fourth-order valence-electron chi connectivity index (χ4n) is 3.89. The van der Waals surface area contributed by atoms with E-state index in [2.05, 4.69) is 31.2 Å². The predicted octanol–water partition coefficient (Wildman–Crippen LogP) is 3.48. The summed E-state index contributed by atoms with van der Waals surface area (Å²) in [5.74, 6) is 1.47. The second-order valence-corrected chi connectivity index (χ2v) is 8.78. The summed E-state index contributed by atoms with van der Waals surface area (Å²) in [6.45, 7) is 3.44. The van der Waals surface area contributed by atoms with Crippen LogP contribution in [0.5, 0.6) is 11.5 Å². The number of nitrogens with zero attached hydrogens (tertiary/aromatic N) is 4. The van der Waals surface area contributed by atoms with Crippen LogP contribution in [-0.2, 0) is 11.9 Å². The van der Waals surface area contributed by atoms with Gasteiger partial charge >= 0.3 is 6.09 Å². The molecular weight excluding hydrogens is 516 g/mol. The molecule has 1 saturated heterocycles. The first-order valence-corrected chi connectivity index (χ1v) is 12.1. The molecule has 0 bridgehead atoms. The summed E-state index contributed by atoms with van der Waals surface area (Å²) >= 11 is 3.53. The van der Waals surface area contributed by atoms with E-state index in [1.54, 1.807) is 35.2 Å². The Morgan fingerprint density at radius 3 is 2.51 bits per heavy atom. The Hall–Kier alpha value is -3.28. The minimum absolute atomic E-state index is 0.375. The van der Waals surface area contributed by atoms with Gasteiger partial charge in [0, 0.05) is 43.6 Å². The van der Waals surface area contributed by atoms with E-state index in [-0.39, 0.29) is 0 Å². The molecule has 1 aliphatic rings. The topological polar surface area (TPSA) is 107 Å². The predicted molar refractivity (Wildman–Crippen MR) is 138 cm³/mol. The number of piperazine rings is 1. The molecule has 0 saturated carbocycles. The monoisotopic (exact) mass is 544 g/mol. The van der Waals surface area contributed by atoms with Gasteiger partial charge in [-0.2, -0.15) is 5.10 Å². The maximum Gasteiger partial charge on any atom is 0.430 e. The van der Waals surface area contributed by atoms with E-state index in [0.717, 1.165) is 40.3 Å². The highest BCUT2D eigenvalue weighted by Gasteiger charge is 2.21. The normalized spacial score (nSPS) is 14.0. The fourth-order valence-corrected chi connectivity index (χ4v) is 4.45. The molecule has 1 aliphatic heterocycles. The molecule has 186 valence electrons. The first-order valence-electron chi connectivity index (χ1n) is 11.3. The van der Waals surface area contributed by atoms with Crippen molar-refractivity contribution in [2.75, 3.05) is 56.7 Å². The van der Waals surface area contributed by atoms with Crippen molar-refractivity contribution in [3.8, 4) is 22.8 Å². The van der Waals surface area contributed by atoms with Crippen molar-refractivity contribution in [2.45, 2.75) is 0 Å². The largest absolute Gasteiger partial charge is 0.497 e. The number of amides is 1. The van der Waals surface area contributed by atoms with Crippen LogP contribution >= 0.6 is 15.9 Å². The Labute approximate surface area is 212 Å². The zero-order chi connectivity index (χ0) is 24.8. The molecule has 2 heterocycles. The molecule has 2 aromatic carbocycles. The average Bonchev–Trinajstić information content (AvgIpc) is 3.21. The molecule has 0 radical (unpaired) electrons. The van der Waals surface area contributed by atoms with Crippen molar-refractivity contribution in [1.29, 1.82) is 0 Å². The SMILES string of the molecule is COc1ccc(N2CCN(OC(=O)Nc3ccc(OCCN)c(-c4c(Br)cnn4C)c3)CC2)cc1. The van der Waals surface area contributed by atoms with E-state index >= 15 is 0 Å². The van der Waals surface area contributed by atoms with Crippen molar-refractivity contribution < 1.29 is 19.1 Å². The number of hydrogen-bond acceptors (Lipinski definition) is 8. The van der Waals surface area contributed by atoms with E-state index in [1.807, 2.05) is 37.4 Å². The molecule has 0 atom stereocenters. The summed E-state index contributed by atoms with van der Waals surface area (Å²) < 4.78 is 13.6. The molecule has 4 rings (SSSR count). The summed E-state index contributed by atoms with van der Waals surface area (Å²) in [5, 5.41) is 8.77. The number of carbonyl (C=O) groups excluding carboxylic acids is 1. The number of ether oxygens (including phenoxy) is 2. The number of hydroxylamine groups is 2. The van der Waals surface area contributed by atoms with E-state index in [4.69, 9.17) is 20.0 Å². The number of aromatic nitrogens is 2. The number of nitrogens with one attached hydrogen (secondary N) is 1. The van der Waals surface area contributed by atoms with Crippen LogP contribution in [0.1, 0.15) is 0 Å². The summed E-state index contributed by atoms with van der Waals surface area (Å²) in [6, 6.07) is 13.3. The molecule has 3 aromatic rings. The van der Waals surface area contributed by atoms with Gasteiger partial charge in [0.1, 0.15) is 18.1 Å². The Bertz CT molecular complexity index is 1130. The zero-order valence-electron chi connectivity index (χ0n) is 19.7. The summed E-state index contributed by atoms with van der Waals surface area (Å²) in [7, 11) is 3.49. The number of benzene rings is 2. The maximum atomic E-state index is 12.6. The third-order valence-corrected chi connectivity index (χ3v) is 6.22. The molecule has 11 heteroatoms. The van der Waals surface area contributed by atoms with Crippen LogP contribution < -0.4 is 25.4 Å². The zero-order valence-corrected chi connectivity index (χ0v) is 21.3. The molecule has 35 heavy (non-hydrogen) atoms. The fraction of sp³-hybridized carbons (Fsp3) is 0.333. The molecule has 10 nitrogen and oxygen atoms in total. The van der Waals surface area contributed by atoms with E-state index in [1.165, 1.54) is 0 Å². The number of halogens is 1. The second-order valence-electron chi connectivity index (χ2n) is 7.93. The quantitative estimate of drug-likeness (QED) is 0.443. The van der Waals surface area contributed by atoms with E-state index in [9.17, 15) is 4.79 Å². The number of anilines is 2. The van der Waals surface area contributed by atoms with Crippen molar-refractivity contribution in [2.24, 2.45) is 12.8 Å². The van der Waals surface area contributed by atoms with Crippen molar-refractivity contribution in [1.82, 2.24) is 14.8 Å². The third kappa shape index (κ3) is 6.05. The second kappa shape index (κ2) is 11.4. The molecule has 0 aliphatic carbocycles. The van der Waals surface area contributed by atoms with Gasteiger partial charge < -0.3 is 24.9 Å². The summed E-state index contributed by atoms with van der Waals surface area (Å²) in [6.07, 6.45) is 1.16. The van der Waals surface area contributed by atoms with Crippen LogP contribution in [0.4, 0.5) is 16.2 Å². The Kier molecular flexibility index (Phi) is 8.11. The van der Waals surface area contributed by atoms with Gasteiger partial charge in [-0.25, -0.2) is 4.79 Å². The Balaban J connectivity index is 1.38. The number of hydrogen-bond donors (Lipinski definition) is 2. The average molecular weight is 545 g/mol. The van der Waals surface area contributed by atoms with E-state index in [0.29, 0.717) is 37.7 Å². The first-order chi connectivity index (χ1) is 17.0. The number of aryl methyl sites for hydroxylation is 1. The molecule has 1 amide bonds. The van der Waals surface area contributed by atoms with Crippen molar-refractivity contribution >= 4 is 33.4 Å². The molecular formula is C24H29BrN6O4. The molecule has 1 aromatic heterocycles. The molecule has 0 unspecified atom stereocenters. The lowest BCUT2D eigenvalue weighted by molar-refractivity contribution is -0.0966. The van der Waals surface area contributed by atoms with Crippen LogP contribution in [-0.4, -0.2) is 67.4 Å². The molecule has 3 N–H and O–H groups in total. The van der Waals surface area contributed by atoms with Gasteiger partial charge in [-0.05, 0) is 58.4 Å². The lowest BCUT2D eigenvalue weighted by Crippen LogP contribution is -2.47. The minimum Gasteiger partial charge on any atom is -0.497 e. The Morgan fingerprint density at radius 1 is 1.14 bits per heavy atom. The van der Waals surface area contributed by atoms with Gasteiger partial charge in [-0.15, -0.1) is 5.06 Å². The summed E-state index contributed by atoms with van der Waals surface area (Å²) in [5.41, 5.74) is 8.89. The van der Waals surface area contributed by atoms with Crippen LogP contribution in [0, 0.1) is 0 Å². The standard InChI is InChI=1S/C24H29BrN6O4/c1-29-23(21(25)16-27-29)20-15-17(3-8-22(20)34-14-9-26)28-24(32)35-31-12-10-30(11-13-31)18-4-6-19(33-2)7-5-18/h3-8,15-16H,9-14,26H2,1-2H3,(H,28,32). The first kappa shape index (κ1) is 24.8. The van der Waals surface area contributed by atoms with Crippen LogP contribution in [0.3, 0.4) is 0 Å². The van der Waals surface area contributed by atoms with Gasteiger partial charge in [0.25, 0.3) is 0 Å². The number of nitrogens with two attached hydrogens (primary N) is 1. The van der Waals surface area contributed by atoms with Crippen LogP contribution in [0.2, 0.25) is 0 Å². The third-order valence-electron chi connectivity index (χ3n) is 5.64. The summed E-state index contributed by atoms with van der Waals surface area (Å²) in [4.78, 5) is 20.4. The van der Waals surface area contributed by atoms with Gasteiger partial charge in [-0.3, -0.25) is 10.00 Å². The number of rotatable bonds is 8. The van der Waals surface area contributed by atoms with E-state index < -0.39 is 6.09 Å². The highest BCUT2D eigenvalue weighted by atomic mass is 79.9. The highest BCUT2D eigenvalue weighted by Crippen LogP contribution is 2.36. The smallest absolute Gasteiger partial charge is 0.430 e. The van der Waals surface area contributed by atoms with Crippen LogP contribution in [0.25, 0.3) is 11.3 Å².